The molecule has 0 atom stereocenters. The summed E-state index contributed by atoms with van der Waals surface area (Å²) in [4.78, 5) is 4.58. The number of nitrogens with one attached hydrogen (secondary N) is 1. The van der Waals surface area contributed by atoms with Gasteiger partial charge in [-0.1, -0.05) is 30.3 Å². The van der Waals surface area contributed by atoms with E-state index in [0.717, 1.165) is 22.5 Å². The molecule has 6 nitrogen and oxygen atoms in total. The SMILES string of the molecule is COc1cc(C)c(C)cc1S(=O)(=O)NCCCn1ccnc1-c1ccccc1. The molecule has 3 rings (SSSR count). The van der Waals surface area contributed by atoms with Crippen molar-refractivity contribution >= 4 is 10.0 Å². The summed E-state index contributed by atoms with van der Waals surface area (Å²) in [5.74, 6) is 1.23. The Morgan fingerprint density at radius 2 is 1.82 bits per heavy atom. The van der Waals surface area contributed by atoms with Crippen molar-refractivity contribution in [2.24, 2.45) is 0 Å². The van der Waals surface area contributed by atoms with Gasteiger partial charge in [-0.25, -0.2) is 18.1 Å². The third kappa shape index (κ3) is 4.43. The molecule has 0 saturated heterocycles. The number of methoxy groups -OCH3 is 1. The van der Waals surface area contributed by atoms with E-state index in [9.17, 15) is 8.42 Å². The van der Waals surface area contributed by atoms with Gasteiger partial charge in [0.05, 0.1) is 7.11 Å². The average Bonchev–Trinajstić information content (AvgIpc) is 3.16. The van der Waals surface area contributed by atoms with Crippen molar-refractivity contribution in [1.82, 2.24) is 14.3 Å². The van der Waals surface area contributed by atoms with Gasteiger partial charge in [-0.3, -0.25) is 0 Å². The largest absolute Gasteiger partial charge is 0.495 e. The van der Waals surface area contributed by atoms with Crippen LogP contribution in [0.4, 0.5) is 0 Å². The Morgan fingerprint density at radius 3 is 2.54 bits per heavy atom. The van der Waals surface area contributed by atoms with Crippen molar-refractivity contribution in [3.63, 3.8) is 0 Å². The fourth-order valence-electron chi connectivity index (χ4n) is 3.00. The molecule has 0 aliphatic rings. The van der Waals surface area contributed by atoms with Crippen LogP contribution in [0.3, 0.4) is 0 Å². The third-order valence-corrected chi connectivity index (χ3v) is 6.17. The number of nitrogens with zero attached hydrogens (tertiary/aromatic N) is 2. The van der Waals surface area contributed by atoms with E-state index in [1.165, 1.54) is 7.11 Å². The lowest BCUT2D eigenvalue weighted by atomic mass is 10.1. The van der Waals surface area contributed by atoms with Gasteiger partial charge in [0.2, 0.25) is 10.0 Å². The summed E-state index contributed by atoms with van der Waals surface area (Å²) in [5, 5.41) is 0. The van der Waals surface area contributed by atoms with Gasteiger partial charge >= 0.3 is 0 Å². The van der Waals surface area contributed by atoms with E-state index in [1.54, 1.807) is 18.3 Å². The van der Waals surface area contributed by atoms with Crippen LogP contribution in [-0.4, -0.2) is 31.6 Å². The van der Waals surface area contributed by atoms with Crippen molar-refractivity contribution in [2.75, 3.05) is 13.7 Å². The number of sulfonamides is 1. The second-order valence-electron chi connectivity index (χ2n) is 6.65. The van der Waals surface area contributed by atoms with Crippen molar-refractivity contribution in [3.05, 3.63) is 66.0 Å². The fraction of sp³-hybridized carbons (Fsp3) is 0.286. The summed E-state index contributed by atoms with van der Waals surface area (Å²) < 4.78 is 35.4. The number of ether oxygens (including phenoxy) is 1. The summed E-state index contributed by atoms with van der Waals surface area (Å²) in [6.45, 7) is 4.80. The first-order chi connectivity index (χ1) is 13.4. The molecule has 0 fully saturated rings. The minimum Gasteiger partial charge on any atom is -0.495 e. The van der Waals surface area contributed by atoms with Gasteiger partial charge in [0, 0.05) is 31.0 Å². The molecular weight excluding hydrogens is 374 g/mol. The molecule has 1 N–H and O–H groups in total. The van der Waals surface area contributed by atoms with Crippen LogP contribution in [0.1, 0.15) is 17.5 Å². The van der Waals surface area contributed by atoms with E-state index in [4.69, 9.17) is 4.74 Å². The highest BCUT2D eigenvalue weighted by atomic mass is 32.2. The van der Waals surface area contributed by atoms with Crippen molar-refractivity contribution < 1.29 is 13.2 Å². The molecule has 0 spiro atoms. The normalized spacial score (nSPS) is 11.5. The Balaban J connectivity index is 1.65. The topological polar surface area (TPSA) is 73.2 Å². The molecule has 0 saturated carbocycles. The number of rotatable bonds is 8. The zero-order valence-corrected chi connectivity index (χ0v) is 17.2. The number of aromatic nitrogens is 2. The van der Waals surface area contributed by atoms with Crippen LogP contribution in [0.2, 0.25) is 0 Å². The number of benzene rings is 2. The lowest BCUT2D eigenvalue weighted by Crippen LogP contribution is -2.26. The van der Waals surface area contributed by atoms with Crippen molar-refractivity contribution in [3.8, 4) is 17.1 Å². The van der Waals surface area contributed by atoms with Crippen LogP contribution in [0.5, 0.6) is 5.75 Å². The lowest BCUT2D eigenvalue weighted by molar-refractivity contribution is 0.401. The highest BCUT2D eigenvalue weighted by Crippen LogP contribution is 2.27. The van der Waals surface area contributed by atoms with E-state index < -0.39 is 10.0 Å². The summed E-state index contributed by atoms with van der Waals surface area (Å²) in [6, 6.07) is 13.3. The van der Waals surface area contributed by atoms with Gasteiger partial charge in [0.25, 0.3) is 0 Å². The first-order valence-electron chi connectivity index (χ1n) is 9.14. The number of hydrogen-bond acceptors (Lipinski definition) is 4. The minimum absolute atomic E-state index is 0.172. The highest BCUT2D eigenvalue weighted by Gasteiger charge is 2.20. The molecule has 0 unspecified atom stereocenters. The van der Waals surface area contributed by atoms with Gasteiger partial charge in [-0.15, -0.1) is 0 Å². The van der Waals surface area contributed by atoms with Crippen LogP contribution >= 0.6 is 0 Å². The quantitative estimate of drug-likeness (QED) is 0.588. The predicted molar refractivity (Wildman–Crippen MR) is 110 cm³/mol. The Morgan fingerprint density at radius 1 is 1.11 bits per heavy atom. The maximum Gasteiger partial charge on any atom is 0.244 e. The van der Waals surface area contributed by atoms with Crippen LogP contribution in [0, 0.1) is 13.8 Å². The van der Waals surface area contributed by atoms with Crippen LogP contribution in [0.25, 0.3) is 11.4 Å². The maximum absolute atomic E-state index is 12.7. The summed E-state index contributed by atoms with van der Waals surface area (Å²) in [7, 11) is -2.17. The summed E-state index contributed by atoms with van der Waals surface area (Å²) in [6.07, 6.45) is 4.30. The summed E-state index contributed by atoms with van der Waals surface area (Å²) >= 11 is 0. The molecule has 0 bridgehead atoms. The van der Waals surface area contributed by atoms with Gasteiger partial charge in [0.15, 0.2) is 0 Å². The van der Waals surface area contributed by atoms with Crippen molar-refractivity contribution in [1.29, 1.82) is 0 Å². The second-order valence-corrected chi connectivity index (χ2v) is 8.38. The standard InChI is InChI=1S/C21H25N3O3S/c1-16-14-19(27-3)20(15-17(16)2)28(25,26)23-10-7-12-24-13-11-22-21(24)18-8-5-4-6-9-18/h4-6,8-9,11,13-15,23H,7,10,12H2,1-3H3. The van der Waals surface area contributed by atoms with E-state index in [-0.39, 0.29) is 4.90 Å². The lowest BCUT2D eigenvalue weighted by Gasteiger charge is -2.13. The van der Waals surface area contributed by atoms with Gasteiger partial charge in [-0.2, -0.15) is 0 Å². The van der Waals surface area contributed by atoms with Crippen LogP contribution in [0.15, 0.2) is 59.8 Å². The first kappa shape index (κ1) is 20.1. The van der Waals surface area contributed by atoms with Crippen molar-refractivity contribution in [2.45, 2.75) is 31.7 Å². The Labute approximate surface area is 166 Å². The van der Waals surface area contributed by atoms with E-state index in [2.05, 4.69) is 9.71 Å². The molecule has 2 aromatic carbocycles. The van der Waals surface area contributed by atoms with Crippen LogP contribution < -0.4 is 9.46 Å². The molecule has 0 amide bonds. The van der Waals surface area contributed by atoms with Crippen LogP contribution in [-0.2, 0) is 16.6 Å². The van der Waals surface area contributed by atoms with E-state index >= 15 is 0 Å². The number of hydrogen-bond donors (Lipinski definition) is 1. The molecular formula is C21H25N3O3S. The maximum atomic E-state index is 12.7. The van der Waals surface area contributed by atoms with Gasteiger partial charge < -0.3 is 9.30 Å². The molecule has 7 heteroatoms. The second kappa shape index (κ2) is 8.58. The monoisotopic (exact) mass is 399 g/mol. The van der Waals surface area contributed by atoms with Gasteiger partial charge in [-0.05, 0) is 43.5 Å². The number of aryl methyl sites for hydroxylation is 3. The minimum atomic E-state index is -3.65. The molecule has 28 heavy (non-hydrogen) atoms. The zero-order chi connectivity index (χ0) is 20.1. The Kier molecular flexibility index (Phi) is 6.16. The van der Waals surface area contributed by atoms with E-state index in [0.29, 0.717) is 25.3 Å². The smallest absolute Gasteiger partial charge is 0.244 e. The molecule has 1 aromatic heterocycles. The molecule has 148 valence electrons. The highest BCUT2D eigenvalue weighted by molar-refractivity contribution is 7.89. The zero-order valence-electron chi connectivity index (χ0n) is 16.3. The molecule has 0 aliphatic carbocycles. The van der Waals surface area contributed by atoms with E-state index in [1.807, 2.05) is 54.9 Å². The first-order valence-corrected chi connectivity index (χ1v) is 10.6. The Hall–Kier alpha value is -2.64. The number of imidazole rings is 1. The molecule has 0 radical (unpaired) electrons. The fourth-order valence-corrected chi connectivity index (χ4v) is 4.31. The third-order valence-electron chi connectivity index (χ3n) is 4.68. The molecule has 0 aliphatic heterocycles. The van der Waals surface area contributed by atoms with Gasteiger partial charge in [0.1, 0.15) is 16.5 Å². The molecule has 1 heterocycles. The Bertz CT molecular complexity index is 1040. The summed E-state index contributed by atoms with van der Waals surface area (Å²) in [5.41, 5.74) is 2.93. The average molecular weight is 400 g/mol. The molecule has 3 aromatic rings. The predicted octanol–water partition coefficient (Wildman–Crippen LogP) is 3.54.